The van der Waals surface area contributed by atoms with E-state index in [4.69, 9.17) is 17.3 Å². The molecule has 3 aromatic rings. The summed E-state index contributed by atoms with van der Waals surface area (Å²) in [5.41, 5.74) is 6.63. The quantitative estimate of drug-likeness (QED) is 0.409. The Morgan fingerprint density at radius 1 is 0.971 bits per heavy atom. The maximum atomic E-state index is 12.8. The van der Waals surface area contributed by atoms with Crippen LogP contribution in [0.5, 0.6) is 0 Å². The number of benzene rings is 3. The summed E-state index contributed by atoms with van der Waals surface area (Å²) < 4.78 is 25.6. The highest BCUT2D eigenvalue weighted by molar-refractivity contribution is 7.91. The summed E-state index contributed by atoms with van der Waals surface area (Å²) in [6.45, 7) is -0.0307. The summed E-state index contributed by atoms with van der Waals surface area (Å²) in [6.07, 6.45) is -1.90. The first-order chi connectivity index (χ1) is 16.1. The summed E-state index contributed by atoms with van der Waals surface area (Å²) in [4.78, 5) is 24.0. The van der Waals surface area contributed by atoms with Crippen LogP contribution in [0.15, 0.2) is 82.6 Å². The number of halogens is 1. The van der Waals surface area contributed by atoms with Gasteiger partial charge < -0.3 is 20.8 Å². The number of sulfone groups is 1. The van der Waals surface area contributed by atoms with Crippen molar-refractivity contribution in [1.29, 1.82) is 0 Å². The van der Waals surface area contributed by atoms with E-state index in [-0.39, 0.29) is 28.4 Å². The second kappa shape index (κ2) is 10.7. The van der Waals surface area contributed by atoms with Gasteiger partial charge in [0.15, 0.2) is 0 Å². The average Bonchev–Trinajstić information content (AvgIpc) is 2.81. The molecule has 0 aliphatic carbocycles. The van der Waals surface area contributed by atoms with Crippen LogP contribution < -0.4 is 5.73 Å². The Morgan fingerprint density at radius 2 is 1.56 bits per heavy atom. The minimum absolute atomic E-state index is 0.0253. The maximum Gasteiger partial charge on any atom is 0.407 e. The Labute approximate surface area is 202 Å². The number of hydrogen-bond donors (Lipinski definition) is 3. The molecule has 3 rings (SSSR count). The van der Waals surface area contributed by atoms with E-state index in [2.05, 4.69) is 0 Å². The number of nitrogens with two attached hydrogens (primary N) is 1. The number of amides is 2. The van der Waals surface area contributed by atoms with Gasteiger partial charge in [0.2, 0.25) is 15.7 Å². The summed E-state index contributed by atoms with van der Waals surface area (Å²) >= 11 is 5.93. The Kier molecular flexibility index (Phi) is 7.93. The number of primary amides is 1. The van der Waals surface area contributed by atoms with Crippen LogP contribution in [0.3, 0.4) is 0 Å². The molecule has 0 aliphatic rings. The first kappa shape index (κ1) is 25.2. The van der Waals surface area contributed by atoms with E-state index in [9.17, 15) is 28.2 Å². The van der Waals surface area contributed by atoms with Gasteiger partial charge in [-0.25, -0.2) is 13.2 Å². The molecule has 0 spiro atoms. The number of carbonyl (C=O) groups is 2. The van der Waals surface area contributed by atoms with Crippen LogP contribution in [0.1, 0.15) is 27.6 Å². The highest BCUT2D eigenvalue weighted by Crippen LogP contribution is 2.22. The molecule has 3 aromatic carbocycles. The van der Waals surface area contributed by atoms with Gasteiger partial charge in [0.1, 0.15) is 0 Å². The Hall–Kier alpha value is -3.40. The molecular weight excluding hydrogens is 480 g/mol. The minimum Gasteiger partial charge on any atom is -0.465 e. The van der Waals surface area contributed by atoms with Crippen molar-refractivity contribution in [2.75, 3.05) is 13.1 Å². The highest BCUT2D eigenvalue weighted by atomic mass is 35.5. The molecule has 0 fully saturated rings. The normalized spacial score (nSPS) is 12.2. The van der Waals surface area contributed by atoms with Crippen molar-refractivity contribution in [1.82, 2.24) is 4.90 Å². The van der Waals surface area contributed by atoms with E-state index in [0.717, 1.165) is 10.5 Å². The zero-order valence-corrected chi connectivity index (χ0v) is 19.5. The SMILES string of the molecule is NC(=O)c1ccc(S(=O)(=O)c2ccc(CCN(C[C@H](O)c3cccc(Cl)c3)C(=O)O)cc2)cc1. The molecule has 10 heteroatoms. The van der Waals surface area contributed by atoms with Gasteiger partial charge in [-0.05, 0) is 66.1 Å². The molecule has 178 valence electrons. The van der Waals surface area contributed by atoms with Gasteiger partial charge in [0.05, 0.1) is 22.4 Å². The minimum atomic E-state index is -3.79. The van der Waals surface area contributed by atoms with Crippen LogP contribution in [0.25, 0.3) is 0 Å². The van der Waals surface area contributed by atoms with Crippen LogP contribution in [0, 0.1) is 0 Å². The molecule has 4 N–H and O–H groups in total. The second-order valence-electron chi connectivity index (χ2n) is 7.59. The number of nitrogens with zero attached hydrogens (tertiary/aromatic N) is 1. The molecular formula is C24H23ClN2O6S. The number of rotatable bonds is 9. The topological polar surface area (TPSA) is 138 Å². The van der Waals surface area contributed by atoms with Gasteiger partial charge in [-0.15, -0.1) is 0 Å². The van der Waals surface area contributed by atoms with Gasteiger partial charge in [-0.3, -0.25) is 4.79 Å². The van der Waals surface area contributed by atoms with Crippen LogP contribution in [0.2, 0.25) is 5.02 Å². The first-order valence-electron chi connectivity index (χ1n) is 10.2. The number of carbonyl (C=O) groups excluding carboxylic acids is 1. The lowest BCUT2D eigenvalue weighted by atomic mass is 10.1. The predicted octanol–water partition coefficient (Wildman–Crippen LogP) is 3.53. The van der Waals surface area contributed by atoms with Crippen molar-refractivity contribution < 1.29 is 28.2 Å². The van der Waals surface area contributed by atoms with Gasteiger partial charge in [0, 0.05) is 17.1 Å². The molecule has 0 aliphatic heterocycles. The van der Waals surface area contributed by atoms with E-state index in [0.29, 0.717) is 17.0 Å². The number of carboxylic acid groups (broad SMARTS) is 1. The second-order valence-corrected chi connectivity index (χ2v) is 9.97. The third kappa shape index (κ3) is 6.13. The zero-order valence-electron chi connectivity index (χ0n) is 18.0. The van der Waals surface area contributed by atoms with Crippen molar-refractivity contribution in [3.8, 4) is 0 Å². The van der Waals surface area contributed by atoms with Crippen molar-refractivity contribution in [2.24, 2.45) is 5.73 Å². The van der Waals surface area contributed by atoms with Crippen molar-refractivity contribution >= 4 is 33.4 Å². The van der Waals surface area contributed by atoms with Crippen molar-refractivity contribution in [3.05, 3.63) is 94.5 Å². The van der Waals surface area contributed by atoms with E-state index >= 15 is 0 Å². The Bertz CT molecular complexity index is 1280. The fraction of sp³-hybridized carbons (Fsp3) is 0.167. The molecule has 8 nitrogen and oxygen atoms in total. The third-order valence-corrected chi connectivity index (χ3v) is 7.27. The summed E-state index contributed by atoms with van der Waals surface area (Å²) in [5, 5.41) is 20.3. The molecule has 0 saturated carbocycles. The lowest BCUT2D eigenvalue weighted by Gasteiger charge is -2.23. The van der Waals surface area contributed by atoms with Gasteiger partial charge in [-0.1, -0.05) is 35.9 Å². The smallest absolute Gasteiger partial charge is 0.407 e. The lowest BCUT2D eigenvalue weighted by molar-refractivity contribution is 0.0972. The largest absolute Gasteiger partial charge is 0.465 e. The number of aliphatic hydroxyl groups is 1. The van der Waals surface area contributed by atoms with Crippen LogP contribution in [-0.4, -0.2) is 48.6 Å². The number of hydrogen-bond acceptors (Lipinski definition) is 5. The standard InChI is InChI=1S/C24H23ClN2O6S/c25-19-3-1-2-18(14-19)22(28)15-27(24(30)31)13-12-16-4-8-20(9-5-16)34(32,33)21-10-6-17(7-11-21)23(26)29/h1-11,14,22,28H,12-13,15H2,(H2,26,29)(H,30,31)/t22-/m0/s1. The fourth-order valence-corrected chi connectivity index (χ4v) is 4.79. The molecule has 34 heavy (non-hydrogen) atoms. The maximum absolute atomic E-state index is 12.8. The lowest BCUT2D eigenvalue weighted by Crippen LogP contribution is -2.35. The van der Waals surface area contributed by atoms with E-state index in [1.165, 1.54) is 36.4 Å². The van der Waals surface area contributed by atoms with Crippen LogP contribution in [0.4, 0.5) is 4.79 Å². The highest BCUT2D eigenvalue weighted by Gasteiger charge is 2.20. The third-order valence-electron chi connectivity index (χ3n) is 5.25. The summed E-state index contributed by atoms with van der Waals surface area (Å²) in [7, 11) is -3.79. The van der Waals surface area contributed by atoms with Crippen molar-refractivity contribution in [2.45, 2.75) is 22.3 Å². The fourth-order valence-electron chi connectivity index (χ4n) is 3.33. The van der Waals surface area contributed by atoms with E-state index in [1.807, 2.05) is 0 Å². The molecule has 0 saturated heterocycles. The summed E-state index contributed by atoms with van der Waals surface area (Å²) in [5.74, 6) is -0.649. The molecule has 0 heterocycles. The molecule has 2 amide bonds. The van der Waals surface area contributed by atoms with Crippen LogP contribution >= 0.6 is 11.6 Å². The molecule has 1 atom stereocenters. The zero-order chi connectivity index (χ0) is 24.9. The van der Waals surface area contributed by atoms with Crippen molar-refractivity contribution in [3.63, 3.8) is 0 Å². The number of aliphatic hydroxyl groups excluding tert-OH is 1. The molecule has 0 unspecified atom stereocenters. The van der Waals surface area contributed by atoms with Gasteiger partial charge >= 0.3 is 6.09 Å². The van der Waals surface area contributed by atoms with E-state index < -0.39 is 27.9 Å². The molecule has 0 bridgehead atoms. The average molecular weight is 503 g/mol. The monoisotopic (exact) mass is 502 g/mol. The van der Waals surface area contributed by atoms with E-state index in [1.54, 1.807) is 36.4 Å². The molecule has 0 aromatic heterocycles. The van der Waals surface area contributed by atoms with Gasteiger partial charge in [-0.2, -0.15) is 0 Å². The summed E-state index contributed by atoms with van der Waals surface area (Å²) in [6, 6.07) is 18.0. The van der Waals surface area contributed by atoms with Gasteiger partial charge in [0.25, 0.3) is 0 Å². The predicted molar refractivity (Wildman–Crippen MR) is 127 cm³/mol. The first-order valence-corrected chi connectivity index (χ1v) is 12.1. The molecule has 0 radical (unpaired) electrons. The Balaban J connectivity index is 1.66. The Morgan fingerprint density at radius 3 is 2.09 bits per heavy atom. The van der Waals surface area contributed by atoms with Crippen LogP contribution in [-0.2, 0) is 16.3 Å².